The third-order valence-corrected chi connectivity index (χ3v) is 2.67. The Morgan fingerprint density at radius 3 is 2.45 bits per heavy atom. The van der Waals surface area contributed by atoms with Crippen LogP contribution in [0.1, 0.15) is 26.7 Å². The molecule has 1 aliphatic carbocycles. The molecule has 0 radical (unpaired) electrons. The fraction of sp³-hybridized carbons (Fsp3) is 0.750. The van der Waals surface area contributed by atoms with Crippen molar-refractivity contribution in [1.82, 2.24) is 0 Å². The molecule has 0 aromatic heterocycles. The summed E-state index contributed by atoms with van der Waals surface area (Å²) in [5.41, 5.74) is -0.808. The van der Waals surface area contributed by atoms with E-state index < -0.39 is 11.4 Å². The minimum Gasteiger partial charge on any atom is -0.481 e. The molecule has 2 unspecified atom stereocenters. The first-order valence-corrected chi connectivity index (χ1v) is 3.72. The van der Waals surface area contributed by atoms with Gasteiger partial charge in [-0.3, -0.25) is 9.59 Å². The molecule has 0 heterocycles. The van der Waals surface area contributed by atoms with Gasteiger partial charge in [0.2, 0.25) is 0 Å². The van der Waals surface area contributed by atoms with Crippen LogP contribution in [0.3, 0.4) is 0 Å². The monoisotopic (exact) mass is 156 g/mol. The molecule has 0 aromatic carbocycles. The largest absolute Gasteiger partial charge is 0.481 e. The Balaban J connectivity index is 2.87. The molecular formula is C8H12O3. The predicted molar refractivity (Wildman–Crippen MR) is 39.1 cm³/mol. The Hall–Kier alpha value is -0.860. The van der Waals surface area contributed by atoms with Gasteiger partial charge < -0.3 is 5.11 Å². The molecule has 0 saturated heterocycles. The van der Waals surface area contributed by atoms with Crippen molar-refractivity contribution in [3.8, 4) is 0 Å². The van der Waals surface area contributed by atoms with Crippen LogP contribution in [-0.2, 0) is 9.59 Å². The Kier molecular flexibility index (Phi) is 1.74. The first-order chi connectivity index (χ1) is 4.97. The van der Waals surface area contributed by atoms with E-state index in [0.717, 1.165) is 0 Å². The van der Waals surface area contributed by atoms with Crippen molar-refractivity contribution in [2.24, 2.45) is 11.3 Å². The summed E-state index contributed by atoms with van der Waals surface area (Å²) in [6.45, 7) is 3.46. The van der Waals surface area contributed by atoms with E-state index >= 15 is 0 Å². The lowest BCUT2D eigenvalue weighted by Gasteiger charge is -2.21. The Bertz CT molecular complexity index is 209. The van der Waals surface area contributed by atoms with Gasteiger partial charge in [-0.1, -0.05) is 6.92 Å². The summed E-state index contributed by atoms with van der Waals surface area (Å²) >= 11 is 0. The normalized spacial score (nSPS) is 37.6. The van der Waals surface area contributed by atoms with Crippen LogP contribution in [0, 0.1) is 11.3 Å². The number of carbonyl (C=O) groups excluding carboxylic acids is 1. The molecule has 2 atom stereocenters. The summed E-state index contributed by atoms with van der Waals surface area (Å²) in [6, 6.07) is 0. The van der Waals surface area contributed by atoms with E-state index in [9.17, 15) is 9.59 Å². The Labute approximate surface area is 65.4 Å². The molecule has 1 rings (SSSR count). The molecule has 0 aliphatic heterocycles. The molecular weight excluding hydrogens is 144 g/mol. The minimum atomic E-state index is -0.851. The molecule has 0 aromatic rings. The topological polar surface area (TPSA) is 54.4 Å². The van der Waals surface area contributed by atoms with Crippen LogP contribution >= 0.6 is 0 Å². The van der Waals surface area contributed by atoms with Crippen molar-refractivity contribution in [2.45, 2.75) is 26.7 Å². The summed E-state index contributed by atoms with van der Waals surface area (Å²) in [4.78, 5) is 21.6. The molecule has 62 valence electrons. The van der Waals surface area contributed by atoms with Gasteiger partial charge in [0.25, 0.3) is 0 Å². The summed E-state index contributed by atoms with van der Waals surface area (Å²) in [6.07, 6.45) is 0.617. The molecule has 3 nitrogen and oxygen atoms in total. The van der Waals surface area contributed by atoms with Gasteiger partial charge in [-0.15, -0.1) is 0 Å². The zero-order valence-corrected chi connectivity index (χ0v) is 6.76. The number of aliphatic carboxylic acids is 1. The van der Waals surface area contributed by atoms with Gasteiger partial charge in [0, 0.05) is 12.8 Å². The highest BCUT2D eigenvalue weighted by Gasteiger charge is 2.46. The molecule has 1 saturated carbocycles. The summed E-state index contributed by atoms with van der Waals surface area (Å²) in [5, 5.41) is 8.81. The van der Waals surface area contributed by atoms with Gasteiger partial charge >= 0.3 is 5.97 Å². The number of Topliss-reactive ketones (excluding diaryl/α,β-unsaturated/α-hetero) is 1. The number of ketones is 1. The Morgan fingerprint density at radius 1 is 1.73 bits per heavy atom. The van der Waals surface area contributed by atoms with Gasteiger partial charge in [-0.25, -0.2) is 0 Å². The molecule has 0 spiro atoms. The van der Waals surface area contributed by atoms with Gasteiger partial charge in [-0.05, 0) is 12.8 Å². The van der Waals surface area contributed by atoms with Gasteiger partial charge in [-0.2, -0.15) is 0 Å². The van der Waals surface area contributed by atoms with Crippen LogP contribution in [0.4, 0.5) is 0 Å². The van der Waals surface area contributed by atoms with E-state index in [1.165, 1.54) is 0 Å². The van der Waals surface area contributed by atoms with E-state index in [4.69, 9.17) is 5.11 Å². The third-order valence-electron chi connectivity index (χ3n) is 2.67. The summed E-state index contributed by atoms with van der Waals surface area (Å²) in [7, 11) is 0. The first-order valence-electron chi connectivity index (χ1n) is 3.72. The fourth-order valence-corrected chi connectivity index (χ4v) is 1.51. The highest BCUT2D eigenvalue weighted by Crippen LogP contribution is 2.40. The maximum atomic E-state index is 10.9. The average Bonchev–Trinajstić information content (AvgIpc) is 2.08. The van der Waals surface area contributed by atoms with Crippen molar-refractivity contribution in [3.63, 3.8) is 0 Å². The SMILES string of the molecule is CC1CC(=O)CC1(C)C(=O)O. The number of carbonyl (C=O) groups is 2. The molecule has 0 bridgehead atoms. The summed E-state index contributed by atoms with van der Waals surface area (Å²) < 4.78 is 0. The third kappa shape index (κ3) is 1.15. The number of hydrogen-bond donors (Lipinski definition) is 1. The van der Waals surface area contributed by atoms with Crippen LogP contribution in [0.25, 0.3) is 0 Å². The molecule has 11 heavy (non-hydrogen) atoms. The van der Waals surface area contributed by atoms with Crippen molar-refractivity contribution >= 4 is 11.8 Å². The Morgan fingerprint density at radius 2 is 2.27 bits per heavy atom. The standard InChI is InChI=1S/C8H12O3/c1-5-3-6(9)4-8(5,2)7(10)11/h5H,3-4H2,1-2H3,(H,10,11). The average molecular weight is 156 g/mol. The van der Waals surface area contributed by atoms with Gasteiger partial charge in [0.15, 0.2) is 0 Å². The second-order valence-corrected chi connectivity index (χ2v) is 3.54. The second kappa shape index (κ2) is 2.32. The quantitative estimate of drug-likeness (QED) is 0.618. The number of rotatable bonds is 1. The number of hydrogen-bond acceptors (Lipinski definition) is 2. The van der Waals surface area contributed by atoms with Crippen LogP contribution < -0.4 is 0 Å². The maximum absolute atomic E-state index is 10.9. The van der Waals surface area contributed by atoms with E-state index in [1.54, 1.807) is 6.92 Å². The second-order valence-electron chi connectivity index (χ2n) is 3.54. The number of carboxylic acids is 1. The van der Waals surface area contributed by atoms with Crippen LogP contribution in [0.15, 0.2) is 0 Å². The zero-order chi connectivity index (χ0) is 8.65. The number of carboxylic acid groups (broad SMARTS) is 1. The summed E-state index contributed by atoms with van der Waals surface area (Å²) in [5.74, 6) is -0.800. The van der Waals surface area contributed by atoms with Gasteiger partial charge in [0.05, 0.1) is 5.41 Å². The smallest absolute Gasteiger partial charge is 0.310 e. The molecule has 0 amide bonds. The van der Waals surface area contributed by atoms with Crippen LogP contribution in [0.5, 0.6) is 0 Å². The lowest BCUT2D eigenvalue weighted by atomic mass is 9.81. The molecule has 3 heteroatoms. The van der Waals surface area contributed by atoms with Crippen molar-refractivity contribution in [3.05, 3.63) is 0 Å². The van der Waals surface area contributed by atoms with Gasteiger partial charge in [0.1, 0.15) is 5.78 Å². The van der Waals surface area contributed by atoms with E-state index in [2.05, 4.69) is 0 Å². The minimum absolute atomic E-state index is 0.0208. The lowest BCUT2D eigenvalue weighted by Crippen LogP contribution is -2.29. The molecule has 1 N–H and O–H groups in total. The van der Waals surface area contributed by atoms with Crippen molar-refractivity contribution in [1.29, 1.82) is 0 Å². The van der Waals surface area contributed by atoms with Crippen molar-refractivity contribution in [2.75, 3.05) is 0 Å². The van der Waals surface area contributed by atoms with E-state index in [1.807, 2.05) is 6.92 Å². The fourth-order valence-electron chi connectivity index (χ4n) is 1.51. The first kappa shape index (κ1) is 8.24. The predicted octanol–water partition coefficient (Wildman–Crippen LogP) is 1.08. The zero-order valence-electron chi connectivity index (χ0n) is 6.76. The highest BCUT2D eigenvalue weighted by atomic mass is 16.4. The maximum Gasteiger partial charge on any atom is 0.310 e. The van der Waals surface area contributed by atoms with Crippen molar-refractivity contribution < 1.29 is 14.7 Å². The van der Waals surface area contributed by atoms with E-state index in [-0.39, 0.29) is 18.1 Å². The van der Waals surface area contributed by atoms with E-state index in [0.29, 0.717) is 6.42 Å². The van der Waals surface area contributed by atoms with Crippen LogP contribution in [-0.4, -0.2) is 16.9 Å². The van der Waals surface area contributed by atoms with Crippen LogP contribution in [0.2, 0.25) is 0 Å². The molecule has 1 aliphatic rings. The molecule has 1 fully saturated rings. The highest BCUT2D eigenvalue weighted by molar-refractivity contribution is 5.90. The lowest BCUT2D eigenvalue weighted by molar-refractivity contribution is -0.150.